The summed E-state index contributed by atoms with van der Waals surface area (Å²) < 4.78 is 31.3. The zero-order valence-electron chi connectivity index (χ0n) is 34.8. The molecule has 1 aliphatic rings. The predicted octanol–water partition coefficient (Wildman–Crippen LogP) is 2.48. The minimum absolute atomic E-state index is 0.0230. The van der Waals surface area contributed by atoms with Crippen molar-refractivity contribution >= 4 is 40.8 Å². The lowest BCUT2D eigenvalue weighted by Crippen LogP contribution is -2.63. The first-order chi connectivity index (χ1) is 27.3. The van der Waals surface area contributed by atoms with E-state index < -0.39 is 70.2 Å². The van der Waals surface area contributed by atoms with Crippen LogP contribution in [-0.2, 0) is 57.1 Å². The van der Waals surface area contributed by atoms with E-state index in [9.17, 15) is 37.8 Å². The van der Waals surface area contributed by atoms with Gasteiger partial charge in [0.25, 0.3) is 0 Å². The van der Waals surface area contributed by atoms with E-state index in [1.54, 1.807) is 24.3 Å². The Morgan fingerprint density at radius 2 is 1.22 bits per heavy atom. The molecule has 1 heterocycles. The standard InChI is InChI=1S/C42H63N5O10S/c1-28(2)24-33(37(49)42(7,53)41(5,6)57-58(54)55)44-40(52)35(26-31-16-12-9-13-17-31)46-39(51)34(25-29(3)4)45-38(50)32(19-18-30-14-10-8-11-15-30)43-36(48)27-47-20-22-56-23-21-47/h8-17,28-29,32-35,53H,18-27H2,1-7H3,(H,43,48)(H,44,52)(H,45,50)(H,46,51)(H,54,55)/t32-,33-,34-,35-,42-/m0/s1. The number of hydrogen-bond donors (Lipinski definition) is 6. The lowest BCUT2D eigenvalue weighted by Gasteiger charge is -2.39. The first kappa shape index (κ1) is 48.3. The molecule has 322 valence electrons. The van der Waals surface area contributed by atoms with Gasteiger partial charge in [0, 0.05) is 19.5 Å². The average molecular weight is 830 g/mol. The van der Waals surface area contributed by atoms with Crippen LogP contribution in [-0.4, -0.2) is 116 Å². The molecule has 1 fully saturated rings. The Kier molecular flexibility index (Phi) is 19.1. The Morgan fingerprint density at radius 3 is 1.78 bits per heavy atom. The molecule has 1 saturated heterocycles. The molecule has 15 nitrogen and oxygen atoms in total. The van der Waals surface area contributed by atoms with Crippen LogP contribution < -0.4 is 21.3 Å². The molecule has 1 aliphatic heterocycles. The molecule has 0 spiro atoms. The van der Waals surface area contributed by atoms with Gasteiger partial charge in [-0.3, -0.25) is 37.6 Å². The Labute approximate surface area is 345 Å². The predicted molar refractivity (Wildman–Crippen MR) is 220 cm³/mol. The lowest BCUT2D eigenvalue weighted by atomic mass is 9.79. The largest absolute Gasteiger partial charge is 0.379 e. The molecule has 6 atom stereocenters. The summed E-state index contributed by atoms with van der Waals surface area (Å²) in [6, 6.07) is 13.9. The number of carbonyl (C=O) groups excluding carboxylic acids is 5. The number of benzene rings is 2. The van der Waals surface area contributed by atoms with Crippen LogP contribution in [0.1, 0.15) is 78.9 Å². The smallest absolute Gasteiger partial charge is 0.302 e. The Morgan fingerprint density at radius 1 is 0.741 bits per heavy atom. The molecule has 3 rings (SSSR count). The second-order valence-corrected chi connectivity index (χ2v) is 17.0. The van der Waals surface area contributed by atoms with Gasteiger partial charge in [-0.1, -0.05) is 88.4 Å². The van der Waals surface area contributed by atoms with Crippen LogP contribution in [0.25, 0.3) is 0 Å². The van der Waals surface area contributed by atoms with Crippen LogP contribution in [0.4, 0.5) is 0 Å². The quantitative estimate of drug-likeness (QED) is 0.0896. The molecular weight excluding hydrogens is 767 g/mol. The highest BCUT2D eigenvalue weighted by Crippen LogP contribution is 2.30. The highest BCUT2D eigenvalue weighted by molar-refractivity contribution is 7.74. The first-order valence-electron chi connectivity index (χ1n) is 19.9. The summed E-state index contributed by atoms with van der Waals surface area (Å²) in [6.45, 7) is 13.5. The number of ketones is 1. The summed E-state index contributed by atoms with van der Waals surface area (Å²) in [7, 11) is 0. The van der Waals surface area contributed by atoms with Crippen molar-refractivity contribution in [3.8, 4) is 0 Å². The lowest BCUT2D eigenvalue weighted by molar-refractivity contribution is -0.159. The third-order valence-corrected chi connectivity index (χ3v) is 10.8. The van der Waals surface area contributed by atoms with Crippen molar-refractivity contribution in [2.45, 2.75) is 116 Å². The maximum Gasteiger partial charge on any atom is 0.302 e. The van der Waals surface area contributed by atoms with Crippen molar-refractivity contribution in [1.82, 2.24) is 26.2 Å². The molecule has 2 aromatic rings. The van der Waals surface area contributed by atoms with Gasteiger partial charge in [0.15, 0.2) is 11.4 Å². The number of aryl methyl sites for hydroxylation is 1. The normalized spacial score (nSPS) is 17.3. The minimum atomic E-state index is -2.81. The van der Waals surface area contributed by atoms with Crippen LogP contribution >= 0.6 is 0 Å². The van der Waals surface area contributed by atoms with E-state index in [-0.39, 0.29) is 50.0 Å². The van der Waals surface area contributed by atoms with Crippen LogP contribution in [0.15, 0.2) is 60.7 Å². The van der Waals surface area contributed by atoms with Gasteiger partial charge in [0.05, 0.1) is 25.8 Å². The summed E-state index contributed by atoms with van der Waals surface area (Å²) in [5, 5.41) is 22.7. The highest BCUT2D eigenvalue weighted by Gasteiger charge is 2.51. The fraction of sp³-hybridized carbons (Fsp3) is 0.595. The number of aliphatic hydroxyl groups is 1. The summed E-state index contributed by atoms with van der Waals surface area (Å²) >= 11 is -2.81. The molecule has 1 unspecified atom stereocenters. The van der Waals surface area contributed by atoms with Crippen LogP contribution in [0.3, 0.4) is 0 Å². The number of carbonyl (C=O) groups is 5. The van der Waals surface area contributed by atoms with E-state index in [1.807, 2.05) is 69.0 Å². The van der Waals surface area contributed by atoms with Crippen molar-refractivity contribution < 1.29 is 46.8 Å². The topological polar surface area (TPSA) is 213 Å². The van der Waals surface area contributed by atoms with Gasteiger partial charge in [-0.15, -0.1) is 0 Å². The van der Waals surface area contributed by atoms with Crippen LogP contribution in [0.2, 0.25) is 0 Å². The molecule has 0 radical (unpaired) electrons. The second-order valence-electron chi connectivity index (χ2n) is 16.4. The highest BCUT2D eigenvalue weighted by atomic mass is 32.2. The number of nitrogens with zero attached hydrogens (tertiary/aromatic N) is 1. The number of amides is 4. The Balaban J connectivity index is 1.88. The van der Waals surface area contributed by atoms with E-state index in [1.165, 1.54) is 13.8 Å². The van der Waals surface area contributed by atoms with Crippen LogP contribution in [0, 0.1) is 11.8 Å². The molecule has 16 heteroatoms. The molecule has 0 aliphatic carbocycles. The third kappa shape index (κ3) is 15.6. The minimum Gasteiger partial charge on any atom is -0.379 e. The van der Waals surface area contributed by atoms with Gasteiger partial charge in [-0.25, -0.2) is 0 Å². The summed E-state index contributed by atoms with van der Waals surface area (Å²) in [5.41, 5.74) is -2.47. The average Bonchev–Trinajstić information content (AvgIpc) is 3.15. The molecule has 0 bridgehead atoms. The number of morpholine rings is 1. The monoisotopic (exact) mass is 829 g/mol. The number of ether oxygens (including phenoxy) is 1. The van der Waals surface area contributed by atoms with Gasteiger partial charge in [0.2, 0.25) is 23.6 Å². The Bertz CT molecular complexity index is 1670. The SMILES string of the molecule is CC(C)C[C@H](NC(=O)[C@H](CCc1ccccc1)NC(=O)CN1CCOCC1)C(=O)N[C@@H](Cc1ccccc1)C(=O)N[C@@H](CC(C)C)C(=O)[C@](C)(O)C(C)(C)OS(=O)O. The van der Waals surface area contributed by atoms with Gasteiger partial charge >= 0.3 is 11.4 Å². The summed E-state index contributed by atoms with van der Waals surface area (Å²) in [5.74, 6) is -3.29. The molecule has 4 amide bonds. The molecule has 6 N–H and O–H groups in total. The number of hydrogen-bond acceptors (Lipinski definition) is 10. The number of nitrogens with one attached hydrogen (secondary N) is 4. The maximum absolute atomic E-state index is 14.2. The van der Waals surface area contributed by atoms with Crippen molar-refractivity contribution in [3.05, 3.63) is 71.8 Å². The van der Waals surface area contributed by atoms with Crippen LogP contribution in [0.5, 0.6) is 0 Å². The molecule has 0 saturated carbocycles. The van der Waals surface area contributed by atoms with Crippen molar-refractivity contribution in [2.75, 3.05) is 32.8 Å². The summed E-state index contributed by atoms with van der Waals surface area (Å²) in [4.78, 5) is 71.5. The maximum atomic E-state index is 14.2. The number of rotatable bonds is 23. The second kappa shape index (κ2) is 22.9. The van der Waals surface area contributed by atoms with Crippen molar-refractivity contribution in [3.63, 3.8) is 0 Å². The van der Waals surface area contributed by atoms with Gasteiger partial charge in [0.1, 0.15) is 23.7 Å². The summed E-state index contributed by atoms with van der Waals surface area (Å²) in [6.07, 6.45) is 1.09. The van der Waals surface area contributed by atoms with E-state index >= 15 is 0 Å². The Hall–Kier alpha value is -4.06. The van der Waals surface area contributed by atoms with Gasteiger partial charge in [-0.2, -0.15) is 4.21 Å². The number of Topliss-reactive ketones (excluding diaryl/α,β-unsaturated/α-hetero) is 1. The van der Waals surface area contributed by atoms with E-state index in [2.05, 4.69) is 21.3 Å². The molecular formula is C42H63N5O10S. The van der Waals surface area contributed by atoms with Crippen molar-refractivity contribution in [1.29, 1.82) is 0 Å². The molecule has 2 aromatic carbocycles. The van der Waals surface area contributed by atoms with E-state index in [0.717, 1.165) is 12.5 Å². The van der Waals surface area contributed by atoms with Crippen molar-refractivity contribution in [2.24, 2.45) is 11.8 Å². The fourth-order valence-electron chi connectivity index (χ4n) is 6.60. The van der Waals surface area contributed by atoms with E-state index in [0.29, 0.717) is 38.3 Å². The zero-order chi connectivity index (χ0) is 43.0. The first-order valence-corrected chi connectivity index (χ1v) is 21.0. The third-order valence-electron chi connectivity index (χ3n) is 10.2. The van der Waals surface area contributed by atoms with Gasteiger partial charge in [-0.05, 0) is 69.4 Å². The van der Waals surface area contributed by atoms with E-state index in [4.69, 9.17) is 8.92 Å². The molecule has 58 heavy (non-hydrogen) atoms. The fourth-order valence-corrected chi connectivity index (χ4v) is 7.12. The van der Waals surface area contributed by atoms with Gasteiger partial charge < -0.3 is 31.1 Å². The molecule has 0 aromatic heterocycles. The zero-order valence-corrected chi connectivity index (χ0v) is 35.6.